The molecule has 0 bridgehead atoms. The first-order valence-corrected chi connectivity index (χ1v) is 16.1. The number of nitrogens with zero attached hydrogens (tertiary/aromatic N) is 4. The van der Waals surface area contributed by atoms with E-state index in [1.54, 1.807) is 25.7 Å². The van der Waals surface area contributed by atoms with E-state index in [4.69, 9.17) is 15.2 Å². The van der Waals surface area contributed by atoms with Crippen LogP contribution in [0.15, 0.2) is 23.2 Å². The molecular formula is C33H49F2N5O5. The van der Waals surface area contributed by atoms with Gasteiger partial charge >= 0.3 is 12.1 Å². The maximum Gasteiger partial charge on any atom is 0.411 e. The molecule has 0 radical (unpaired) electrons. The highest BCUT2D eigenvalue weighted by Gasteiger charge is 2.45. The lowest BCUT2D eigenvalue weighted by Crippen LogP contribution is -2.54. The number of benzene rings is 1. The third kappa shape index (κ3) is 9.07. The number of amides is 4. The summed E-state index contributed by atoms with van der Waals surface area (Å²) in [6.07, 6.45) is 1.82. The Balaban J connectivity index is 1.34. The van der Waals surface area contributed by atoms with Crippen LogP contribution in [0.2, 0.25) is 0 Å². The number of hydrogen-bond acceptors (Lipinski definition) is 5. The van der Waals surface area contributed by atoms with Gasteiger partial charge in [-0.3, -0.25) is 9.69 Å². The van der Waals surface area contributed by atoms with Gasteiger partial charge in [-0.05, 0) is 75.1 Å². The van der Waals surface area contributed by atoms with E-state index in [9.17, 15) is 23.2 Å². The van der Waals surface area contributed by atoms with Gasteiger partial charge in [0.1, 0.15) is 23.2 Å². The fraction of sp³-hybridized carbons (Fsp3) is 0.697. The summed E-state index contributed by atoms with van der Waals surface area (Å²) >= 11 is 0. The number of aliphatic imine (C=N–C) groups is 1. The molecule has 250 valence electrons. The molecule has 3 heterocycles. The van der Waals surface area contributed by atoms with Crippen LogP contribution in [0.25, 0.3) is 0 Å². The molecule has 0 aromatic heterocycles. The average Bonchev–Trinajstić information content (AvgIpc) is 3.34. The van der Waals surface area contributed by atoms with E-state index in [0.29, 0.717) is 43.1 Å². The van der Waals surface area contributed by atoms with E-state index < -0.39 is 36.1 Å². The van der Waals surface area contributed by atoms with E-state index in [2.05, 4.69) is 11.9 Å². The standard InChI is InChI=1S/C33H49F2N5O5/c1-21(2)28(36)37-30(42)38-13-9-23(10-14-38)22(3)11-16-44-26-8-7-24-18-27(29(41)39-15-12-33(34,35)20-39)40(19-25(24)17-26)31(43)45-32(4,5)6/h7-8,17,21-23,27H,9-16,18-20H2,1-6H3,(H2,36,37,42)/t22-,27+/m1/s1. The molecule has 0 spiro atoms. The third-order valence-corrected chi connectivity index (χ3v) is 8.98. The van der Waals surface area contributed by atoms with Crippen molar-refractivity contribution >= 4 is 23.9 Å². The zero-order chi connectivity index (χ0) is 33.1. The molecule has 1 aromatic carbocycles. The highest BCUT2D eigenvalue weighted by Crippen LogP contribution is 2.33. The molecule has 2 N–H and O–H groups in total. The van der Waals surface area contributed by atoms with Gasteiger partial charge in [-0.1, -0.05) is 26.8 Å². The number of carbonyl (C=O) groups is 3. The maximum atomic E-state index is 13.9. The third-order valence-electron chi connectivity index (χ3n) is 8.98. The number of rotatable bonds is 7. The zero-order valence-corrected chi connectivity index (χ0v) is 27.5. The van der Waals surface area contributed by atoms with Gasteiger partial charge in [0, 0.05) is 38.4 Å². The Kier molecular flexibility index (Phi) is 10.6. The SMILES string of the molecule is CC(C)C(N)=NC(=O)N1CCC([C@H](C)CCOc2ccc3c(c2)CN(C(=O)OC(C)(C)C)[C@H](C(=O)N2CCC(F)(F)C2)C3)CC1. The van der Waals surface area contributed by atoms with Crippen molar-refractivity contribution in [1.82, 2.24) is 14.7 Å². The molecule has 10 nitrogen and oxygen atoms in total. The van der Waals surface area contributed by atoms with Crippen LogP contribution in [-0.2, 0) is 22.5 Å². The van der Waals surface area contributed by atoms with Crippen molar-refractivity contribution in [2.75, 3.05) is 32.8 Å². The van der Waals surface area contributed by atoms with Crippen molar-refractivity contribution in [3.05, 3.63) is 29.3 Å². The predicted molar refractivity (Wildman–Crippen MR) is 167 cm³/mol. The maximum absolute atomic E-state index is 13.9. The smallest absolute Gasteiger partial charge is 0.411 e. The quantitative estimate of drug-likeness (QED) is 0.315. The fourth-order valence-corrected chi connectivity index (χ4v) is 6.09. The number of amidine groups is 1. The van der Waals surface area contributed by atoms with Crippen LogP contribution in [0.1, 0.15) is 78.4 Å². The molecule has 1 aromatic rings. The van der Waals surface area contributed by atoms with Gasteiger partial charge < -0.3 is 25.0 Å². The number of alkyl halides is 2. The van der Waals surface area contributed by atoms with Gasteiger partial charge in [-0.2, -0.15) is 4.99 Å². The number of carbonyl (C=O) groups excluding carboxylic acids is 3. The summed E-state index contributed by atoms with van der Waals surface area (Å²) in [4.78, 5) is 47.4. The minimum Gasteiger partial charge on any atom is -0.494 e. The Bertz CT molecular complexity index is 1270. The van der Waals surface area contributed by atoms with Gasteiger partial charge in [0.05, 0.1) is 19.7 Å². The molecule has 45 heavy (non-hydrogen) atoms. The van der Waals surface area contributed by atoms with Crippen LogP contribution in [0.4, 0.5) is 18.4 Å². The number of likely N-dealkylation sites (tertiary alicyclic amines) is 2. The average molecular weight is 634 g/mol. The number of piperidine rings is 1. The van der Waals surface area contributed by atoms with Crippen LogP contribution in [0, 0.1) is 17.8 Å². The Morgan fingerprint density at radius 1 is 1.07 bits per heavy atom. The lowest BCUT2D eigenvalue weighted by Gasteiger charge is -2.38. The number of hydrogen-bond donors (Lipinski definition) is 1. The number of ether oxygens (including phenoxy) is 2. The summed E-state index contributed by atoms with van der Waals surface area (Å²) in [5.74, 6) is -1.48. The first kappa shape index (κ1) is 34.4. The zero-order valence-electron chi connectivity index (χ0n) is 27.5. The minimum absolute atomic E-state index is 0.0322. The molecule has 2 fully saturated rings. The lowest BCUT2D eigenvalue weighted by molar-refractivity contribution is -0.138. The fourth-order valence-electron chi connectivity index (χ4n) is 6.09. The van der Waals surface area contributed by atoms with Crippen LogP contribution in [0.5, 0.6) is 5.75 Å². The molecule has 2 atom stereocenters. The summed E-state index contributed by atoms with van der Waals surface area (Å²) in [5.41, 5.74) is 6.79. The minimum atomic E-state index is -2.92. The number of urea groups is 1. The molecule has 3 aliphatic heterocycles. The predicted octanol–water partition coefficient (Wildman–Crippen LogP) is 5.47. The normalized spacial score (nSPS) is 21.5. The number of fused-ring (bicyclic) bond motifs is 1. The van der Waals surface area contributed by atoms with E-state index in [-0.39, 0.29) is 37.9 Å². The van der Waals surface area contributed by atoms with Crippen LogP contribution < -0.4 is 10.5 Å². The second kappa shape index (κ2) is 13.9. The molecular weight excluding hydrogens is 584 g/mol. The van der Waals surface area contributed by atoms with Crippen molar-refractivity contribution < 1.29 is 32.6 Å². The highest BCUT2D eigenvalue weighted by atomic mass is 19.3. The van der Waals surface area contributed by atoms with E-state index >= 15 is 0 Å². The Morgan fingerprint density at radius 3 is 2.36 bits per heavy atom. The molecule has 0 unspecified atom stereocenters. The van der Waals surface area contributed by atoms with Crippen LogP contribution in [-0.4, -0.2) is 88.9 Å². The van der Waals surface area contributed by atoms with Crippen molar-refractivity contribution in [3.8, 4) is 5.75 Å². The molecule has 4 rings (SSSR count). The van der Waals surface area contributed by atoms with Gasteiger partial charge in [0.25, 0.3) is 5.92 Å². The number of halogens is 2. The first-order valence-electron chi connectivity index (χ1n) is 16.1. The topological polar surface area (TPSA) is 118 Å². The van der Waals surface area contributed by atoms with Crippen molar-refractivity contribution in [2.45, 2.75) is 97.8 Å². The van der Waals surface area contributed by atoms with E-state index in [0.717, 1.165) is 35.3 Å². The van der Waals surface area contributed by atoms with Crippen molar-refractivity contribution in [1.29, 1.82) is 0 Å². The molecule has 3 aliphatic rings. The van der Waals surface area contributed by atoms with Crippen LogP contribution >= 0.6 is 0 Å². The van der Waals surface area contributed by atoms with Crippen molar-refractivity contribution in [2.24, 2.45) is 28.5 Å². The largest absolute Gasteiger partial charge is 0.494 e. The second-order valence-corrected chi connectivity index (χ2v) is 14.0. The van der Waals surface area contributed by atoms with E-state index in [1.165, 1.54) is 4.90 Å². The first-order chi connectivity index (χ1) is 21.0. The van der Waals surface area contributed by atoms with Gasteiger partial charge in [0.2, 0.25) is 5.91 Å². The highest BCUT2D eigenvalue weighted by molar-refractivity contribution is 5.93. The van der Waals surface area contributed by atoms with Gasteiger partial charge in [0.15, 0.2) is 0 Å². The summed E-state index contributed by atoms with van der Waals surface area (Å²) in [7, 11) is 0. The Labute approximate surface area is 265 Å². The number of nitrogens with two attached hydrogens (primary N) is 1. The van der Waals surface area contributed by atoms with Crippen molar-refractivity contribution in [3.63, 3.8) is 0 Å². The molecule has 2 saturated heterocycles. The second-order valence-electron chi connectivity index (χ2n) is 14.0. The Morgan fingerprint density at radius 2 is 1.76 bits per heavy atom. The lowest BCUT2D eigenvalue weighted by atomic mass is 9.84. The summed E-state index contributed by atoms with van der Waals surface area (Å²) in [6.45, 7) is 12.5. The molecule has 12 heteroatoms. The summed E-state index contributed by atoms with van der Waals surface area (Å²) in [5, 5.41) is 0. The molecule has 4 amide bonds. The monoisotopic (exact) mass is 633 g/mol. The summed E-state index contributed by atoms with van der Waals surface area (Å²) < 4.78 is 39.5. The molecule has 0 aliphatic carbocycles. The Hall–Kier alpha value is -3.44. The summed E-state index contributed by atoms with van der Waals surface area (Å²) in [6, 6.07) is 4.44. The van der Waals surface area contributed by atoms with E-state index in [1.807, 2.05) is 32.0 Å². The van der Waals surface area contributed by atoms with Gasteiger partial charge in [-0.15, -0.1) is 0 Å². The molecule has 0 saturated carbocycles. The van der Waals surface area contributed by atoms with Crippen LogP contribution in [0.3, 0.4) is 0 Å². The van der Waals surface area contributed by atoms with Gasteiger partial charge in [-0.25, -0.2) is 18.4 Å².